The summed E-state index contributed by atoms with van der Waals surface area (Å²) in [4.78, 5) is 11.0. The van der Waals surface area contributed by atoms with Crippen molar-refractivity contribution in [2.45, 2.75) is 11.8 Å². The summed E-state index contributed by atoms with van der Waals surface area (Å²) in [5.74, 6) is -0.279. The van der Waals surface area contributed by atoms with Gasteiger partial charge in [0.2, 0.25) is 5.91 Å². The molecule has 1 aliphatic rings. The Hall–Kier alpha value is -0.870. The van der Waals surface area contributed by atoms with Gasteiger partial charge < -0.3 is 10.5 Å². The number of rotatable bonds is 3. The second-order valence-electron chi connectivity index (χ2n) is 3.93. The van der Waals surface area contributed by atoms with Gasteiger partial charge in [-0.15, -0.1) is 0 Å². The van der Waals surface area contributed by atoms with Crippen LogP contribution in [0.4, 0.5) is 0 Å². The maximum atomic E-state index is 11.0. The van der Waals surface area contributed by atoms with Crippen LogP contribution in [0.2, 0.25) is 0 Å². The summed E-state index contributed by atoms with van der Waals surface area (Å²) in [5.41, 5.74) is 6.17. The Morgan fingerprint density at radius 2 is 2.27 bits per heavy atom. The van der Waals surface area contributed by atoms with Crippen LogP contribution in [0, 0.1) is 0 Å². The number of hydrogen-bond donors (Lipinski definition) is 1. The van der Waals surface area contributed by atoms with Crippen LogP contribution >= 0.6 is 15.9 Å². The molecule has 15 heavy (non-hydrogen) atoms. The first-order valence-electron chi connectivity index (χ1n) is 4.74. The highest BCUT2D eigenvalue weighted by molar-refractivity contribution is 9.10. The van der Waals surface area contributed by atoms with Crippen molar-refractivity contribution in [2.75, 3.05) is 13.2 Å². The molecular weight excluding hydrogens is 258 g/mol. The minimum absolute atomic E-state index is 0.199. The monoisotopic (exact) mass is 269 g/mol. The third-order valence-electron chi connectivity index (χ3n) is 2.71. The average Bonchev–Trinajstić information content (AvgIpc) is 2.11. The fraction of sp³-hybridized carbons (Fsp3) is 0.364. The Kier molecular flexibility index (Phi) is 2.80. The maximum absolute atomic E-state index is 11.0. The molecule has 1 saturated heterocycles. The number of hydrogen-bond acceptors (Lipinski definition) is 2. The zero-order chi connectivity index (χ0) is 10.9. The molecule has 1 fully saturated rings. The summed E-state index contributed by atoms with van der Waals surface area (Å²) in [6.45, 7) is 1.15. The van der Waals surface area contributed by atoms with E-state index in [0.29, 0.717) is 19.6 Å². The first-order valence-corrected chi connectivity index (χ1v) is 5.54. The topological polar surface area (TPSA) is 52.3 Å². The molecule has 3 nitrogen and oxygen atoms in total. The van der Waals surface area contributed by atoms with E-state index in [4.69, 9.17) is 10.5 Å². The highest BCUT2D eigenvalue weighted by atomic mass is 79.9. The van der Waals surface area contributed by atoms with Crippen LogP contribution in [0.1, 0.15) is 12.0 Å². The molecule has 4 heteroatoms. The quantitative estimate of drug-likeness (QED) is 0.906. The number of halogens is 1. The number of nitrogens with two attached hydrogens (primary N) is 1. The summed E-state index contributed by atoms with van der Waals surface area (Å²) < 4.78 is 6.22. The average molecular weight is 270 g/mol. The first kappa shape index (κ1) is 10.6. The van der Waals surface area contributed by atoms with E-state index in [1.807, 2.05) is 24.3 Å². The standard InChI is InChI=1S/C11H12BrNO2/c12-9-3-1-2-8(4-9)11(5-10(13)14)6-15-7-11/h1-4H,5-7H2,(H2,13,14). The predicted molar refractivity (Wildman–Crippen MR) is 60.5 cm³/mol. The van der Waals surface area contributed by atoms with E-state index in [1.54, 1.807) is 0 Å². The molecule has 80 valence electrons. The predicted octanol–water partition coefficient (Wildman–Crippen LogP) is 1.59. The van der Waals surface area contributed by atoms with E-state index in [2.05, 4.69) is 15.9 Å². The lowest BCUT2D eigenvalue weighted by Gasteiger charge is -2.41. The Bertz CT molecular complexity index is 388. The summed E-state index contributed by atoms with van der Waals surface area (Å²) in [5, 5.41) is 0. The molecular formula is C11H12BrNO2. The Labute approximate surface area is 96.7 Å². The van der Waals surface area contributed by atoms with Gasteiger partial charge in [0.15, 0.2) is 0 Å². The van der Waals surface area contributed by atoms with E-state index in [9.17, 15) is 4.79 Å². The molecule has 0 saturated carbocycles. The normalized spacial score (nSPS) is 18.2. The van der Waals surface area contributed by atoms with Crippen molar-refractivity contribution in [3.05, 3.63) is 34.3 Å². The molecule has 0 aliphatic carbocycles. The zero-order valence-electron chi connectivity index (χ0n) is 8.20. The lowest BCUT2D eigenvalue weighted by Crippen LogP contribution is -2.49. The molecule has 2 N–H and O–H groups in total. The maximum Gasteiger partial charge on any atom is 0.218 e. The molecule has 0 atom stereocenters. The molecule has 2 rings (SSSR count). The number of carbonyl (C=O) groups is 1. The highest BCUT2D eigenvalue weighted by Crippen LogP contribution is 2.36. The van der Waals surface area contributed by atoms with Gasteiger partial charge in [0.25, 0.3) is 0 Å². The zero-order valence-corrected chi connectivity index (χ0v) is 9.79. The molecule has 1 aliphatic heterocycles. The third kappa shape index (κ3) is 2.06. The van der Waals surface area contributed by atoms with Crippen LogP contribution in [0.15, 0.2) is 28.7 Å². The largest absolute Gasteiger partial charge is 0.379 e. The molecule has 1 aromatic carbocycles. The molecule has 0 unspecified atom stereocenters. The molecule has 1 amide bonds. The first-order chi connectivity index (χ1) is 7.12. The van der Waals surface area contributed by atoms with Crippen LogP contribution in [-0.4, -0.2) is 19.1 Å². The third-order valence-corrected chi connectivity index (χ3v) is 3.20. The molecule has 1 heterocycles. The van der Waals surface area contributed by atoms with Crippen molar-refractivity contribution in [3.8, 4) is 0 Å². The number of benzene rings is 1. The Morgan fingerprint density at radius 1 is 1.53 bits per heavy atom. The van der Waals surface area contributed by atoms with Gasteiger partial charge in [-0.1, -0.05) is 28.1 Å². The fourth-order valence-corrected chi connectivity index (χ4v) is 2.27. The van der Waals surface area contributed by atoms with Crippen molar-refractivity contribution < 1.29 is 9.53 Å². The number of carbonyl (C=O) groups excluding carboxylic acids is 1. The van der Waals surface area contributed by atoms with Crippen LogP contribution in [0.3, 0.4) is 0 Å². The van der Waals surface area contributed by atoms with Gasteiger partial charge in [-0.2, -0.15) is 0 Å². The SMILES string of the molecule is NC(=O)CC1(c2cccc(Br)c2)COC1. The minimum Gasteiger partial charge on any atom is -0.379 e. The molecule has 0 bridgehead atoms. The number of ether oxygens (including phenoxy) is 1. The van der Waals surface area contributed by atoms with Gasteiger partial charge >= 0.3 is 0 Å². The van der Waals surface area contributed by atoms with Gasteiger partial charge in [0, 0.05) is 10.9 Å². The Morgan fingerprint density at radius 3 is 2.73 bits per heavy atom. The van der Waals surface area contributed by atoms with E-state index >= 15 is 0 Å². The summed E-state index contributed by atoms with van der Waals surface area (Å²) in [6, 6.07) is 7.95. The number of amides is 1. The molecule has 0 spiro atoms. The second kappa shape index (κ2) is 3.94. The van der Waals surface area contributed by atoms with Crippen molar-refractivity contribution in [1.29, 1.82) is 0 Å². The van der Waals surface area contributed by atoms with Gasteiger partial charge in [-0.05, 0) is 17.7 Å². The smallest absolute Gasteiger partial charge is 0.218 e. The summed E-state index contributed by atoms with van der Waals surface area (Å²) in [7, 11) is 0. The lowest BCUT2D eigenvalue weighted by atomic mass is 9.76. The van der Waals surface area contributed by atoms with Gasteiger partial charge in [-0.3, -0.25) is 4.79 Å². The van der Waals surface area contributed by atoms with Gasteiger partial charge in [0.1, 0.15) is 0 Å². The fourth-order valence-electron chi connectivity index (χ4n) is 1.87. The van der Waals surface area contributed by atoms with Crippen molar-refractivity contribution in [2.24, 2.45) is 5.73 Å². The minimum atomic E-state index is -0.279. The van der Waals surface area contributed by atoms with E-state index in [1.165, 1.54) is 0 Å². The van der Waals surface area contributed by atoms with E-state index < -0.39 is 0 Å². The summed E-state index contributed by atoms with van der Waals surface area (Å²) >= 11 is 3.42. The van der Waals surface area contributed by atoms with Crippen molar-refractivity contribution >= 4 is 21.8 Å². The van der Waals surface area contributed by atoms with E-state index in [-0.39, 0.29) is 11.3 Å². The molecule has 0 aromatic heterocycles. The van der Waals surface area contributed by atoms with Crippen LogP contribution in [0.5, 0.6) is 0 Å². The summed E-state index contributed by atoms with van der Waals surface area (Å²) in [6.07, 6.45) is 0.351. The molecule has 1 aromatic rings. The van der Waals surface area contributed by atoms with Gasteiger partial charge in [-0.25, -0.2) is 0 Å². The molecule has 0 radical (unpaired) electrons. The van der Waals surface area contributed by atoms with Crippen molar-refractivity contribution in [1.82, 2.24) is 0 Å². The van der Waals surface area contributed by atoms with Crippen LogP contribution < -0.4 is 5.73 Å². The second-order valence-corrected chi connectivity index (χ2v) is 4.84. The van der Waals surface area contributed by atoms with Crippen LogP contribution in [-0.2, 0) is 14.9 Å². The lowest BCUT2D eigenvalue weighted by molar-refractivity contribution is -0.126. The van der Waals surface area contributed by atoms with Crippen LogP contribution in [0.25, 0.3) is 0 Å². The number of primary amides is 1. The Balaban J connectivity index is 2.29. The van der Waals surface area contributed by atoms with Gasteiger partial charge in [0.05, 0.1) is 18.6 Å². The highest BCUT2D eigenvalue weighted by Gasteiger charge is 2.41. The van der Waals surface area contributed by atoms with E-state index in [0.717, 1.165) is 10.0 Å². The van der Waals surface area contributed by atoms with Crippen molar-refractivity contribution in [3.63, 3.8) is 0 Å².